The molecule has 6 nitrogen and oxygen atoms in total. The number of aromatic carboxylic acids is 1. The zero-order valence-electron chi connectivity index (χ0n) is 18.5. The molecule has 0 spiro atoms. The topological polar surface area (TPSA) is 82.5 Å². The van der Waals surface area contributed by atoms with Gasteiger partial charge in [-0.15, -0.1) is 0 Å². The van der Waals surface area contributed by atoms with Gasteiger partial charge >= 0.3 is 5.97 Å². The number of piperidine rings is 1. The lowest BCUT2D eigenvalue weighted by molar-refractivity contribution is -0.126. The Labute approximate surface area is 198 Å². The third-order valence-electron chi connectivity index (χ3n) is 6.97. The van der Waals surface area contributed by atoms with Crippen molar-refractivity contribution in [2.24, 2.45) is 11.8 Å². The van der Waals surface area contributed by atoms with Crippen LogP contribution in [0.1, 0.15) is 54.4 Å². The van der Waals surface area contributed by atoms with Crippen LogP contribution in [0.25, 0.3) is 0 Å². The molecule has 1 amide bonds. The van der Waals surface area contributed by atoms with E-state index in [2.05, 4.69) is 15.2 Å². The summed E-state index contributed by atoms with van der Waals surface area (Å²) >= 11 is 6.08. The molecule has 176 valence electrons. The molecule has 1 saturated carbocycles. The smallest absolute Gasteiger partial charge is 0.335 e. The fourth-order valence-electron chi connectivity index (χ4n) is 5.12. The van der Waals surface area contributed by atoms with Crippen molar-refractivity contribution >= 4 is 29.3 Å². The first-order valence-electron chi connectivity index (χ1n) is 11.6. The Kier molecular flexibility index (Phi) is 7.48. The van der Waals surface area contributed by atoms with E-state index in [4.69, 9.17) is 11.6 Å². The van der Waals surface area contributed by atoms with Gasteiger partial charge in [0.05, 0.1) is 11.8 Å². The predicted octanol–water partition coefficient (Wildman–Crippen LogP) is 4.71. The number of carbonyl (C=O) groups is 2. The molecule has 1 aliphatic carbocycles. The first-order valence-corrected chi connectivity index (χ1v) is 12.0. The number of nitrogens with one attached hydrogen (secondary N) is 1. The highest BCUT2D eigenvalue weighted by molar-refractivity contribution is 6.30. The largest absolute Gasteiger partial charge is 0.478 e. The van der Waals surface area contributed by atoms with Crippen LogP contribution in [0.15, 0.2) is 36.5 Å². The van der Waals surface area contributed by atoms with Gasteiger partial charge in [0.2, 0.25) is 5.91 Å². The molecule has 33 heavy (non-hydrogen) atoms. The van der Waals surface area contributed by atoms with Crippen molar-refractivity contribution in [2.45, 2.75) is 51.0 Å². The van der Waals surface area contributed by atoms with Crippen LogP contribution in [-0.2, 0) is 11.2 Å². The Morgan fingerprint density at radius 1 is 1.15 bits per heavy atom. The van der Waals surface area contributed by atoms with Gasteiger partial charge < -0.3 is 15.3 Å². The Hall–Kier alpha value is -2.67. The van der Waals surface area contributed by atoms with Crippen LogP contribution in [0, 0.1) is 17.7 Å². The van der Waals surface area contributed by atoms with Gasteiger partial charge in [-0.1, -0.05) is 18.0 Å². The molecule has 0 unspecified atom stereocenters. The lowest BCUT2D eigenvalue weighted by atomic mass is 9.91. The number of carboxylic acid groups (broad SMARTS) is 1. The van der Waals surface area contributed by atoms with Gasteiger partial charge in [-0.05, 0) is 80.3 Å². The number of carbonyl (C=O) groups excluding carboxylic acids is 1. The highest BCUT2D eigenvalue weighted by Gasteiger charge is 2.32. The van der Waals surface area contributed by atoms with Gasteiger partial charge in [-0.25, -0.2) is 14.2 Å². The van der Waals surface area contributed by atoms with Gasteiger partial charge in [0, 0.05) is 30.1 Å². The van der Waals surface area contributed by atoms with Gasteiger partial charge in [0.1, 0.15) is 11.6 Å². The lowest BCUT2D eigenvalue weighted by Crippen LogP contribution is -2.45. The van der Waals surface area contributed by atoms with Crippen molar-refractivity contribution in [1.29, 1.82) is 0 Å². The predicted molar refractivity (Wildman–Crippen MR) is 125 cm³/mol. The number of benzene rings is 1. The molecule has 0 bridgehead atoms. The maximum Gasteiger partial charge on any atom is 0.335 e. The second kappa shape index (κ2) is 10.5. The minimum Gasteiger partial charge on any atom is -0.478 e. The third-order valence-corrected chi connectivity index (χ3v) is 7.21. The molecule has 0 radical (unpaired) electrons. The summed E-state index contributed by atoms with van der Waals surface area (Å²) in [6.07, 6.45) is 7.20. The zero-order valence-corrected chi connectivity index (χ0v) is 19.2. The summed E-state index contributed by atoms with van der Waals surface area (Å²) in [6, 6.07) is 8.10. The minimum absolute atomic E-state index is 0.0329. The summed E-state index contributed by atoms with van der Waals surface area (Å²) in [5.74, 6) is -0.151. The number of halogens is 2. The normalized spacial score (nSPS) is 21.2. The van der Waals surface area contributed by atoms with Crippen molar-refractivity contribution in [1.82, 2.24) is 10.3 Å². The third kappa shape index (κ3) is 5.82. The fraction of sp³-hybridized carbons (Fsp3) is 0.480. The molecule has 2 fully saturated rings. The number of hydrogen-bond acceptors (Lipinski definition) is 4. The maximum atomic E-state index is 13.1. The average molecular weight is 474 g/mol. The Balaban J connectivity index is 1.29. The first kappa shape index (κ1) is 23.5. The van der Waals surface area contributed by atoms with E-state index >= 15 is 0 Å². The molecule has 1 aliphatic heterocycles. The van der Waals surface area contributed by atoms with E-state index in [0.29, 0.717) is 22.9 Å². The second-order valence-corrected chi connectivity index (χ2v) is 9.48. The number of carboxylic acids is 1. The van der Waals surface area contributed by atoms with Crippen molar-refractivity contribution in [2.75, 3.05) is 18.0 Å². The number of amides is 1. The number of hydrogen-bond donors (Lipinski definition) is 2. The number of pyridine rings is 1. The van der Waals surface area contributed by atoms with E-state index in [1.807, 2.05) is 0 Å². The van der Waals surface area contributed by atoms with Gasteiger partial charge in [0.15, 0.2) is 0 Å². The number of aryl methyl sites for hydroxylation is 1. The van der Waals surface area contributed by atoms with Crippen LogP contribution in [0.3, 0.4) is 0 Å². The molecule has 2 aliphatic rings. The van der Waals surface area contributed by atoms with Crippen molar-refractivity contribution < 1.29 is 19.1 Å². The van der Waals surface area contributed by atoms with Crippen LogP contribution in [0.5, 0.6) is 0 Å². The van der Waals surface area contributed by atoms with Crippen molar-refractivity contribution in [3.8, 4) is 0 Å². The van der Waals surface area contributed by atoms with E-state index in [-0.39, 0.29) is 23.7 Å². The van der Waals surface area contributed by atoms with E-state index in [1.165, 1.54) is 12.3 Å². The van der Waals surface area contributed by atoms with Crippen LogP contribution in [0.4, 0.5) is 10.2 Å². The number of aromatic nitrogens is 1. The fourth-order valence-corrected chi connectivity index (χ4v) is 5.31. The molecule has 1 aromatic carbocycles. The number of anilines is 1. The zero-order chi connectivity index (χ0) is 23.4. The maximum absolute atomic E-state index is 13.1. The molecule has 1 aromatic heterocycles. The highest BCUT2D eigenvalue weighted by atomic mass is 35.5. The first-order chi connectivity index (χ1) is 15.9. The molecule has 2 atom stereocenters. The summed E-state index contributed by atoms with van der Waals surface area (Å²) in [5, 5.41) is 13.3. The number of nitrogens with zero attached hydrogens (tertiary/aromatic N) is 2. The summed E-state index contributed by atoms with van der Waals surface area (Å²) in [6.45, 7) is 1.44. The summed E-state index contributed by atoms with van der Waals surface area (Å²) in [5.41, 5.74) is 1.04. The Morgan fingerprint density at radius 3 is 2.64 bits per heavy atom. The van der Waals surface area contributed by atoms with E-state index in [0.717, 1.165) is 63.0 Å². The summed E-state index contributed by atoms with van der Waals surface area (Å²) < 4.78 is 13.1. The molecule has 2 N–H and O–H groups in total. The standard InChI is InChI=1S/C25H29ClFN3O3/c26-19-6-8-21(25(32)33)18(14-19)5-4-16-2-1-3-22(16)29-24(31)17-10-12-30(13-11-17)23-9-7-20(27)15-28-23/h6-9,14-17,22H,1-5,10-13H2,(H,29,31)(H,32,33)/t16-,22-/m0/s1. The van der Waals surface area contributed by atoms with Gasteiger partial charge in [-0.2, -0.15) is 0 Å². The SMILES string of the molecule is O=C(O)c1ccc(Cl)cc1CC[C@@H]1CCC[C@@H]1NC(=O)C1CCN(c2ccc(F)cn2)CC1. The lowest BCUT2D eigenvalue weighted by Gasteiger charge is -2.33. The monoisotopic (exact) mass is 473 g/mol. The van der Waals surface area contributed by atoms with Crippen LogP contribution >= 0.6 is 11.6 Å². The van der Waals surface area contributed by atoms with E-state index < -0.39 is 5.97 Å². The molecule has 2 aromatic rings. The Morgan fingerprint density at radius 2 is 1.94 bits per heavy atom. The minimum atomic E-state index is -0.944. The second-order valence-electron chi connectivity index (χ2n) is 9.05. The summed E-state index contributed by atoms with van der Waals surface area (Å²) in [4.78, 5) is 30.7. The van der Waals surface area contributed by atoms with Crippen LogP contribution in [0.2, 0.25) is 5.02 Å². The van der Waals surface area contributed by atoms with Crippen molar-refractivity contribution in [3.05, 3.63) is 58.5 Å². The average Bonchev–Trinajstić information content (AvgIpc) is 3.25. The molecule has 8 heteroatoms. The van der Waals surface area contributed by atoms with E-state index in [9.17, 15) is 19.1 Å². The highest BCUT2D eigenvalue weighted by Crippen LogP contribution is 2.31. The quantitative estimate of drug-likeness (QED) is 0.608. The molecular formula is C25H29ClFN3O3. The molecular weight excluding hydrogens is 445 g/mol. The number of rotatable bonds is 7. The van der Waals surface area contributed by atoms with Crippen LogP contribution in [-0.4, -0.2) is 41.1 Å². The van der Waals surface area contributed by atoms with Gasteiger partial charge in [0.25, 0.3) is 0 Å². The molecule has 2 heterocycles. The van der Waals surface area contributed by atoms with Gasteiger partial charge in [-0.3, -0.25) is 4.79 Å². The Bertz CT molecular complexity index is 993. The van der Waals surface area contributed by atoms with E-state index in [1.54, 1.807) is 24.3 Å². The molecule has 1 saturated heterocycles. The van der Waals surface area contributed by atoms with Crippen molar-refractivity contribution in [3.63, 3.8) is 0 Å². The summed E-state index contributed by atoms with van der Waals surface area (Å²) in [7, 11) is 0. The van der Waals surface area contributed by atoms with Crippen LogP contribution < -0.4 is 10.2 Å². The molecule has 4 rings (SSSR count).